The van der Waals surface area contributed by atoms with Gasteiger partial charge < -0.3 is 10.1 Å². The highest BCUT2D eigenvalue weighted by Gasteiger charge is 2.25. The number of nitrogens with one attached hydrogen (secondary N) is 1. The molecule has 0 saturated heterocycles. The molecule has 0 heterocycles. The molecule has 1 aromatic rings. The average Bonchev–Trinajstić information content (AvgIpc) is 2.59. The molecule has 1 rings (SSSR count). The maximum Gasteiger partial charge on any atom is 0.394 e. The number of para-hydroxylation sites is 1. The molecule has 0 radical (unpaired) electrons. The Labute approximate surface area is 144 Å². The predicted molar refractivity (Wildman–Crippen MR) is 97.3 cm³/mol. The molecule has 1 N–H and O–H groups in total. The second kappa shape index (κ2) is 16.8. The number of alkyl halides is 2. The number of carbonyl (C=O) groups is 1. The van der Waals surface area contributed by atoms with Gasteiger partial charge >= 0.3 is 6.11 Å². The van der Waals surface area contributed by atoms with Crippen LogP contribution in [0.4, 0.5) is 8.78 Å². The summed E-state index contributed by atoms with van der Waals surface area (Å²) in [5.74, 6) is -0.585. The third-order valence-electron chi connectivity index (χ3n) is 2.05. The van der Waals surface area contributed by atoms with Crippen LogP contribution >= 0.6 is 0 Å². The Morgan fingerprint density at radius 2 is 1.79 bits per heavy atom. The van der Waals surface area contributed by atoms with Gasteiger partial charge in [-0.2, -0.15) is 8.78 Å². The van der Waals surface area contributed by atoms with Crippen molar-refractivity contribution in [2.75, 3.05) is 6.54 Å². The molecule has 0 aliphatic rings. The van der Waals surface area contributed by atoms with E-state index in [4.69, 9.17) is 0 Å². The second-order valence-corrected chi connectivity index (χ2v) is 3.74. The fourth-order valence-corrected chi connectivity index (χ4v) is 1.32. The fraction of sp³-hybridized carbons (Fsp3) is 0.316. The molecule has 24 heavy (non-hydrogen) atoms. The smallest absolute Gasteiger partial charge is 0.394 e. The van der Waals surface area contributed by atoms with E-state index < -0.39 is 12.0 Å². The van der Waals surface area contributed by atoms with Crippen LogP contribution in [0.2, 0.25) is 0 Å². The van der Waals surface area contributed by atoms with Crippen molar-refractivity contribution in [2.45, 2.75) is 33.3 Å². The topological polar surface area (TPSA) is 38.3 Å². The quantitative estimate of drug-likeness (QED) is 0.447. The highest BCUT2D eigenvalue weighted by Crippen LogP contribution is 2.24. The summed E-state index contributed by atoms with van der Waals surface area (Å²) < 4.78 is 30.0. The molecule has 0 fully saturated rings. The molecule has 5 heteroatoms. The van der Waals surface area contributed by atoms with E-state index in [1.54, 1.807) is 12.1 Å². The first-order chi connectivity index (χ1) is 11.4. The van der Waals surface area contributed by atoms with Gasteiger partial charge in [-0.25, -0.2) is 0 Å². The van der Waals surface area contributed by atoms with E-state index >= 15 is 0 Å². The number of rotatable bonds is 6. The molecular formula is C19H27F2NO2. The SMILES string of the molecule is C#C.C=C.C=CCCNC(=O)c1ccccc1OC(C)(F)F.CC. The van der Waals surface area contributed by atoms with Crippen molar-refractivity contribution in [3.05, 3.63) is 55.6 Å². The van der Waals surface area contributed by atoms with Crippen molar-refractivity contribution in [3.8, 4) is 18.6 Å². The van der Waals surface area contributed by atoms with E-state index in [1.807, 2.05) is 13.8 Å². The Morgan fingerprint density at radius 1 is 1.29 bits per heavy atom. The molecule has 0 aliphatic carbocycles. The lowest BCUT2D eigenvalue weighted by Crippen LogP contribution is -2.26. The summed E-state index contributed by atoms with van der Waals surface area (Å²) in [5.41, 5.74) is 0.0862. The van der Waals surface area contributed by atoms with Gasteiger partial charge in [0.2, 0.25) is 0 Å². The molecule has 3 nitrogen and oxygen atoms in total. The molecule has 1 amide bonds. The highest BCUT2D eigenvalue weighted by atomic mass is 19.3. The van der Waals surface area contributed by atoms with E-state index in [2.05, 4.69) is 42.6 Å². The van der Waals surface area contributed by atoms with Gasteiger partial charge in [-0.15, -0.1) is 32.6 Å². The van der Waals surface area contributed by atoms with Gasteiger partial charge in [-0.1, -0.05) is 32.1 Å². The van der Waals surface area contributed by atoms with Gasteiger partial charge in [0.1, 0.15) is 5.75 Å². The van der Waals surface area contributed by atoms with Crippen LogP contribution in [0.1, 0.15) is 37.6 Å². The highest BCUT2D eigenvalue weighted by molar-refractivity contribution is 5.96. The minimum atomic E-state index is -3.32. The Hall–Kier alpha value is -2.61. The second-order valence-electron chi connectivity index (χ2n) is 3.74. The minimum Gasteiger partial charge on any atom is -0.432 e. The summed E-state index contributed by atoms with van der Waals surface area (Å²) in [5, 5.41) is 2.59. The van der Waals surface area contributed by atoms with Crippen LogP contribution in [-0.2, 0) is 0 Å². The fourth-order valence-electron chi connectivity index (χ4n) is 1.32. The van der Waals surface area contributed by atoms with E-state index in [0.29, 0.717) is 19.9 Å². The van der Waals surface area contributed by atoms with Crippen molar-refractivity contribution in [1.82, 2.24) is 5.32 Å². The van der Waals surface area contributed by atoms with Gasteiger partial charge in [-0.05, 0) is 18.6 Å². The number of halogens is 2. The summed E-state index contributed by atoms with van der Waals surface area (Å²) in [7, 11) is 0. The number of terminal acetylenes is 1. The Kier molecular flexibility index (Phi) is 18.4. The normalized spacial score (nSPS) is 8.62. The van der Waals surface area contributed by atoms with E-state index in [9.17, 15) is 13.6 Å². The third-order valence-corrected chi connectivity index (χ3v) is 2.05. The van der Waals surface area contributed by atoms with Crippen molar-refractivity contribution < 1.29 is 18.3 Å². The zero-order valence-corrected chi connectivity index (χ0v) is 14.6. The molecule has 0 aliphatic heterocycles. The molecule has 0 saturated carbocycles. The van der Waals surface area contributed by atoms with Crippen LogP contribution in [0.25, 0.3) is 0 Å². The largest absolute Gasteiger partial charge is 0.432 e. The molecule has 0 bridgehead atoms. The van der Waals surface area contributed by atoms with E-state index in [0.717, 1.165) is 0 Å². The molecule has 0 unspecified atom stereocenters. The van der Waals surface area contributed by atoms with Gasteiger partial charge in [0.25, 0.3) is 5.91 Å². The first kappa shape index (κ1) is 26.3. The zero-order valence-electron chi connectivity index (χ0n) is 14.6. The number of ether oxygens (including phenoxy) is 1. The van der Waals surface area contributed by atoms with Crippen LogP contribution in [-0.4, -0.2) is 18.6 Å². The molecule has 0 atom stereocenters. The zero-order chi connectivity index (χ0) is 19.6. The lowest BCUT2D eigenvalue weighted by molar-refractivity contribution is -0.159. The van der Waals surface area contributed by atoms with Gasteiger partial charge in [-0.3, -0.25) is 4.79 Å². The summed E-state index contributed by atoms with van der Waals surface area (Å²) in [6.07, 6.45) is 6.94. The van der Waals surface area contributed by atoms with Gasteiger partial charge in [0, 0.05) is 13.5 Å². The standard InChI is InChI=1S/C13H15F2NO2.C2H6.C2H4.C2H2/c1-3-4-9-16-12(17)10-7-5-6-8-11(10)18-13(2,14)15;3*1-2/h3,5-8H,1,4,9H2,2H3,(H,16,17);1-2H3;1-2H2;1-2H. The molecule has 0 spiro atoms. The van der Waals surface area contributed by atoms with Gasteiger partial charge in [0.15, 0.2) is 0 Å². The number of hydrogen-bond acceptors (Lipinski definition) is 2. The van der Waals surface area contributed by atoms with Crippen LogP contribution in [0.5, 0.6) is 5.75 Å². The summed E-state index contributed by atoms with van der Waals surface area (Å²) in [6.45, 7) is 14.5. The molecule has 1 aromatic carbocycles. The number of benzene rings is 1. The van der Waals surface area contributed by atoms with E-state index in [-0.39, 0.29) is 11.3 Å². The van der Waals surface area contributed by atoms with Crippen molar-refractivity contribution in [1.29, 1.82) is 0 Å². The van der Waals surface area contributed by atoms with Crippen molar-refractivity contribution in [3.63, 3.8) is 0 Å². The summed E-state index contributed by atoms with van der Waals surface area (Å²) in [6, 6.07) is 5.88. The van der Waals surface area contributed by atoms with Crippen molar-refractivity contribution >= 4 is 5.91 Å². The van der Waals surface area contributed by atoms with Crippen LogP contribution in [0, 0.1) is 12.8 Å². The number of carbonyl (C=O) groups excluding carboxylic acids is 1. The van der Waals surface area contributed by atoms with Crippen molar-refractivity contribution in [2.24, 2.45) is 0 Å². The first-order valence-corrected chi connectivity index (χ1v) is 7.32. The maximum atomic E-state index is 12.8. The van der Waals surface area contributed by atoms with E-state index in [1.165, 1.54) is 18.2 Å². The van der Waals surface area contributed by atoms with Crippen LogP contribution in [0.15, 0.2) is 50.1 Å². The Bertz CT molecular complexity index is 480. The van der Waals surface area contributed by atoms with Gasteiger partial charge in [0.05, 0.1) is 5.56 Å². The van der Waals surface area contributed by atoms with Crippen LogP contribution < -0.4 is 10.1 Å². The maximum absolute atomic E-state index is 12.8. The third kappa shape index (κ3) is 13.1. The number of amides is 1. The molecular weight excluding hydrogens is 312 g/mol. The predicted octanol–water partition coefficient (Wildman–Crippen LogP) is 5.06. The summed E-state index contributed by atoms with van der Waals surface area (Å²) in [4.78, 5) is 11.8. The lowest BCUT2D eigenvalue weighted by Gasteiger charge is -2.15. The first-order valence-electron chi connectivity index (χ1n) is 7.32. The van der Waals surface area contributed by atoms with Crippen LogP contribution in [0.3, 0.4) is 0 Å². The minimum absolute atomic E-state index is 0.0862. The monoisotopic (exact) mass is 339 g/mol. The lowest BCUT2D eigenvalue weighted by atomic mass is 10.2. The summed E-state index contributed by atoms with van der Waals surface area (Å²) >= 11 is 0. The Balaban J connectivity index is -0.000000659. The Morgan fingerprint density at radius 3 is 2.25 bits per heavy atom. The average molecular weight is 339 g/mol. The molecule has 134 valence electrons. The number of hydrogen-bond donors (Lipinski definition) is 1. The molecule has 0 aromatic heterocycles.